The highest BCUT2D eigenvalue weighted by Gasteiger charge is 2.31. The summed E-state index contributed by atoms with van der Waals surface area (Å²) in [4.78, 5) is 0. The summed E-state index contributed by atoms with van der Waals surface area (Å²) >= 11 is 0. The number of ether oxygens (including phenoxy) is 1. The molecule has 0 unspecified atom stereocenters. The molecule has 1 rings (SSSR count). The fourth-order valence-corrected chi connectivity index (χ4v) is 6.34. The zero-order chi connectivity index (χ0) is 12.9. The van der Waals surface area contributed by atoms with Gasteiger partial charge in [0.15, 0.2) is 0 Å². The molecule has 0 N–H and O–H groups in total. The third-order valence-corrected chi connectivity index (χ3v) is 9.47. The van der Waals surface area contributed by atoms with Crippen molar-refractivity contribution in [2.24, 2.45) is 0 Å². The molecule has 0 bridgehead atoms. The number of para-hydroxylation sites is 1. The van der Waals surface area contributed by atoms with Gasteiger partial charge < -0.3 is 4.74 Å². The molecule has 0 saturated carbocycles. The van der Waals surface area contributed by atoms with Crippen LogP contribution in [0.15, 0.2) is 24.3 Å². The third kappa shape index (κ3) is 3.12. The first-order chi connectivity index (χ1) is 8.09. The molecule has 0 heterocycles. The van der Waals surface area contributed by atoms with Crippen LogP contribution in [0.2, 0.25) is 18.1 Å². The van der Waals surface area contributed by atoms with Crippen molar-refractivity contribution in [2.45, 2.75) is 58.9 Å². The van der Waals surface area contributed by atoms with Crippen LogP contribution in [0.4, 0.5) is 0 Å². The summed E-state index contributed by atoms with van der Waals surface area (Å²) in [5.74, 6) is 1.12. The van der Waals surface area contributed by atoms with Crippen LogP contribution in [0, 0.1) is 0 Å². The minimum atomic E-state index is -1.33. The number of hydrogen-bond donors (Lipinski definition) is 0. The highest BCUT2D eigenvalue weighted by atomic mass is 28.3. The van der Waals surface area contributed by atoms with Crippen LogP contribution in [0.1, 0.15) is 34.6 Å². The van der Waals surface area contributed by atoms with Crippen LogP contribution in [0.25, 0.3) is 0 Å². The second kappa shape index (κ2) is 6.25. The Morgan fingerprint density at radius 3 is 2.00 bits per heavy atom. The van der Waals surface area contributed by atoms with E-state index in [-0.39, 0.29) is 6.10 Å². The van der Waals surface area contributed by atoms with E-state index >= 15 is 0 Å². The molecule has 0 aliphatic rings. The van der Waals surface area contributed by atoms with Crippen molar-refractivity contribution in [3.63, 3.8) is 0 Å². The molecule has 0 saturated heterocycles. The first-order valence-electron chi connectivity index (χ1n) is 6.85. The third-order valence-electron chi connectivity index (χ3n) is 3.85. The molecule has 0 aliphatic carbocycles. The Kier molecular flexibility index (Phi) is 5.25. The average Bonchev–Trinajstić information content (AvgIpc) is 2.33. The molecule has 0 spiro atoms. The smallest absolute Gasteiger partial charge is 0.118 e. The summed E-state index contributed by atoms with van der Waals surface area (Å²) in [5.41, 5.74) is 0. The van der Waals surface area contributed by atoms with Gasteiger partial charge in [-0.05, 0) is 25.1 Å². The summed E-state index contributed by atoms with van der Waals surface area (Å²) in [6.07, 6.45) is 0.258. The monoisotopic (exact) mass is 250 g/mol. The van der Waals surface area contributed by atoms with E-state index in [2.05, 4.69) is 58.9 Å². The summed E-state index contributed by atoms with van der Waals surface area (Å²) in [6, 6.07) is 12.6. The molecule has 0 aromatic heterocycles. The van der Waals surface area contributed by atoms with Gasteiger partial charge in [0, 0.05) is 0 Å². The van der Waals surface area contributed by atoms with Gasteiger partial charge in [0.05, 0.1) is 14.2 Å². The molecule has 96 valence electrons. The normalized spacial score (nSPS) is 11.9. The molecule has 1 nitrogen and oxygen atoms in total. The van der Waals surface area contributed by atoms with Crippen molar-refractivity contribution < 1.29 is 4.74 Å². The average molecular weight is 250 g/mol. The molecule has 0 amide bonds. The molecule has 2 heteroatoms. The maximum Gasteiger partial charge on any atom is 0.118 e. The van der Waals surface area contributed by atoms with Crippen LogP contribution >= 0.6 is 0 Å². The van der Waals surface area contributed by atoms with Crippen LogP contribution < -0.4 is 9.92 Å². The Morgan fingerprint density at radius 2 is 1.53 bits per heavy atom. The fourth-order valence-electron chi connectivity index (χ4n) is 2.58. The van der Waals surface area contributed by atoms with Gasteiger partial charge in [-0.15, -0.1) is 0 Å². The topological polar surface area (TPSA) is 9.23 Å². The summed E-state index contributed by atoms with van der Waals surface area (Å²) in [6.45, 7) is 11.2. The highest BCUT2D eigenvalue weighted by molar-refractivity contribution is 6.92. The Morgan fingerprint density at radius 1 is 1.00 bits per heavy atom. The van der Waals surface area contributed by atoms with E-state index in [1.807, 2.05) is 0 Å². The van der Waals surface area contributed by atoms with Gasteiger partial charge in [-0.2, -0.15) is 0 Å². The number of rotatable bonds is 6. The molecule has 0 fully saturated rings. The predicted molar refractivity (Wildman–Crippen MR) is 79.0 cm³/mol. The maximum atomic E-state index is 5.99. The van der Waals surface area contributed by atoms with Crippen LogP contribution in [0.5, 0.6) is 5.75 Å². The standard InChI is InChI=1S/C15H26OSi/c1-6-17(7-2,8-3)15-12-10-9-11-14(15)16-13(4)5/h9-13H,6-8H2,1-5H3. The van der Waals surface area contributed by atoms with Crippen molar-refractivity contribution in [1.29, 1.82) is 0 Å². The van der Waals surface area contributed by atoms with Crippen molar-refractivity contribution in [1.82, 2.24) is 0 Å². The molecule has 17 heavy (non-hydrogen) atoms. The van der Waals surface area contributed by atoms with Crippen molar-refractivity contribution in [3.05, 3.63) is 24.3 Å². The van der Waals surface area contributed by atoms with Gasteiger partial charge in [-0.1, -0.05) is 57.1 Å². The van der Waals surface area contributed by atoms with Crippen molar-refractivity contribution in [3.8, 4) is 5.75 Å². The van der Waals surface area contributed by atoms with E-state index < -0.39 is 8.07 Å². The largest absolute Gasteiger partial charge is 0.491 e. The Bertz CT molecular complexity index is 334. The molecule has 1 aromatic carbocycles. The molecule has 1 aromatic rings. The number of hydrogen-bond acceptors (Lipinski definition) is 1. The zero-order valence-corrected chi connectivity index (χ0v) is 12.9. The van der Waals surface area contributed by atoms with Gasteiger partial charge in [0.1, 0.15) is 5.75 Å². The van der Waals surface area contributed by atoms with E-state index in [1.54, 1.807) is 0 Å². The number of benzene rings is 1. The van der Waals surface area contributed by atoms with Gasteiger partial charge in [0.25, 0.3) is 0 Å². The lowest BCUT2D eigenvalue weighted by Gasteiger charge is -2.31. The lowest BCUT2D eigenvalue weighted by atomic mass is 10.3. The predicted octanol–water partition coefficient (Wildman–Crippen LogP) is 4.19. The first kappa shape index (κ1) is 14.3. The molecule has 0 radical (unpaired) electrons. The lowest BCUT2D eigenvalue weighted by molar-refractivity contribution is 0.244. The van der Waals surface area contributed by atoms with Gasteiger partial charge in [0.2, 0.25) is 0 Å². The van der Waals surface area contributed by atoms with Gasteiger partial charge in [-0.3, -0.25) is 0 Å². The highest BCUT2D eigenvalue weighted by Crippen LogP contribution is 2.25. The second-order valence-electron chi connectivity index (χ2n) is 5.00. The second-order valence-corrected chi connectivity index (χ2v) is 10.2. The molecular weight excluding hydrogens is 224 g/mol. The van der Waals surface area contributed by atoms with E-state index in [0.717, 1.165) is 5.75 Å². The molecule has 0 aliphatic heterocycles. The lowest BCUT2D eigenvalue weighted by Crippen LogP contribution is -2.46. The minimum Gasteiger partial charge on any atom is -0.491 e. The summed E-state index contributed by atoms with van der Waals surface area (Å²) in [7, 11) is -1.33. The minimum absolute atomic E-state index is 0.258. The Balaban J connectivity index is 3.18. The van der Waals surface area contributed by atoms with E-state index in [4.69, 9.17) is 4.74 Å². The van der Waals surface area contributed by atoms with Gasteiger partial charge in [-0.25, -0.2) is 0 Å². The van der Waals surface area contributed by atoms with E-state index in [0.29, 0.717) is 0 Å². The van der Waals surface area contributed by atoms with E-state index in [1.165, 1.54) is 23.3 Å². The van der Waals surface area contributed by atoms with Crippen LogP contribution in [-0.4, -0.2) is 14.2 Å². The summed E-state index contributed by atoms with van der Waals surface area (Å²) < 4.78 is 5.99. The van der Waals surface area contributed by atoms with Crippen LogP contribution in [0.3, 0.4) is 0 Å². The first-order valence-corrected chi connectivity index (χ1v) is 9.48. The SMILES string of the molecule is CC[Si](CC)(CC)c1ccccc1OC(C)C. The van der Waals surface area contributed by atoms with E-state index in [9.17, 15) is 0 Å². The van der Waals surface area contributed by atoms with Gasteiger partial charge >= 0.3 is 0 Å². The maximum absolute atomic E-state index is 5.99. The fraction of sp³-hybridized carbons (Fsp3) is 0.600. The zero-order valence-electron chi connectivity index (χ0n) is 11.9. The van der Waals surface area contributed by atoms with Crippen LogP contribution in [-0.2, 0) is 0 Å². The molecule has 0 atom stereocenters. The Hall–Kier alpha value is -0.763. The summed E-state index contributed by atoms with van der Waals surface area (Å²) in [5, 5.41) is 1.52. The van der Waals surface area contributed by atoms with Crippen molar-refractivity contribution in [2.75, 3.05) is 0 Å². The Labute approximate surface area is 107 Å². The molecular formula is C15H26OSi. The van der Waals surface area contributed by atoms with Crippen molar-refractivity contribution >= 4 is 13.3 Å². The quantitative estimate of drug-likeness (QED) is 0.688.